The molecule has 2 aromatic rings. The van der Waals surface area contributed by atoms with Gasteiger partial charge in [-0.1, -0.05) is 0 Å². The summed E-state index contributed by atoms with van der Waals surface area (Å²) in [5.74, 6) is 2.09. The molecule has 3 rings (SSSR count). The highest BCUT2D eigenvalue weighted by atomic mass is 32.2. The fourth-order valence-corrected chi connectivity index (χ4v) is 4.04. The Kier molecular flexibility index (Phi) is 5.48. The third-order valence-electron chi connectivity index (χ3n) is 4.73. The molecule has 25 heavy (non-hydrogen) atoms. The van der Waals surface area contributed by atoms with Gasteiger partial charge in [0.05, 0.1) is 11.5 Å². The van der Waals surface area contributed by atoms with Crippen molar-refractivity contribution in [2.75, 3.05) is 11.9 Å². The minimum Gasteiger partial charge on any atom is -0.463 e. The van der Waals surface area contributed by atoms with Gasteiger partial charge in [0.25, 0.3) is 0 Å². The molecule has 0 atom stereocenters. The Bertz CT molecular complexity index is 760. The number of aromatic amines is 1. The summed E-state index contributed by atoms with van der Waals surface area (Å²) in [5, 5.41) is 10.2. The Balaban J connectivity index is 1.44. The summed E-state index contributed by atoms with van der Waals surface area (Å²) in [6.07, 6.45) is 5.42. The van der Waals surface area contributed by atoms with E-state index in [1.54, 1.807) is 20.1 Å². The van der Waals surface area contributed by atoms with E-state index in [4.69, 9.17) is 4.42 Å². The monoisotopic (exact) mass is 366 g/mol. The van der Waals surface area contributed by atoms with Crippen molar-refractivity contribution >= 4 is 15.8 Å². The van der Waals surface area contributed by atoms with Crippen molar-refractivity contribution in [1.29, 1.82) is 0 Å². The SMILES string of the molecule is CC(C)S(=O)(=O)NC1CCC(CNc2cc(-c3ccco3)[nH]n2)CC1. The van der Waals surface area contributed by atoms with E-state index in [-0.39, 0.29) is 11.3 Å². The van der Waals surface area contributed by atoms with Gasteiger partial charge >= 0.3 is 0 Å². The Morgan fingerprint density at radius 2 is 2.08 bits per heavy atom. The maximum Gasteiger partial charge on any atom is 0.214 e. The molecule has 0 aromatic carbocycles. The van der Waals surface area contributed by atoms with Gasteiger partial charge in [-0.25, -0.2) is 13.1 Å². The van der Waals surface area contributed by atoms with E-state index in [2.05, 4.69) is 20.2 Å². The van der Waals surface area contributed by atoms with Crippen LogP contribution in [0.15, 0.2) is 28.9 Å². The highest BCUT2D eigenvalue weighted by Crippen LogP contribution is 2.26. The van der Waals surface area contributed by atoms with Crippen LogP contribution in [-0.4, -0.2) is 36.5 Å². The summed E-state index contributed by atoms with van der Waals surface area (Å²) < 4.78 is 32.1. The zero-order chi connectivity index (χ0) is 17.9. The fraction of sp³-hybridized carbons (Fsp3) is 0.588. The van der Waals surface area contributed by atoms with E-state index in [9.17, 15) is 8.42 Å². The maximum atomic E-state index is 11.9. The predicted octanol–water partition coefficient (Wildman–Crippen LogP) is 2.97. The first-order valence-electron chi connectivity index (χ1n) is 8.78. The number of nitrogens with zero attached hydrogens (tertiary/aromatic N) is 1. The second-order valence-corrected chi connectivity index (χ2v) is 9.22. The van der Waals surface area contributed by atoms with E-state index >= 15 is 0 Å². The minimum atomic E-state index is -3.18. The van der Waals surface area contributed by atoms with E-state index < -0.39 is 10.0 Å². The molecule has 1 aliphatic rings. The van der Waals surface area contributed by atoms with Crippen LogP contribution in [0.25, 0.3) is 11.5 Å². The lowest BCUT2D eigenvalue weighted by Gasteiger charge is -2.29. The number of sulfonamides is 1. The maximum absolute atomic E-state index is 11.9. The first kappa shape index (κ1) is 18.0. The molecule has 2 aromatic heterocycles. The first-order valence-corrected chi connectivity index (χ1v) is 10.3. The number of nitrogens with one attached hydrogen (secondary N) is 3. The third kappa shape index (κ3) is 4.64. The number of H-pyrrole nitrogens is 1. The summed E-state index contributed by atoms with van der Waals surface area (Å²) in [5.41, 5.74) is 0.847. The molecule has 3 N–H and O–H groups in total. The van der Waals surface area contributed by atoms with Crippen LogP contribution < -0.4 is 10.0 Å². The first-order chi connectivity index (χ1) is 11.9. The number of rotatable bonds is 7. The van der Waals surface area contributed by atoms with Gasteiger partial charge in [-0.3, -0.25) is 5.10 Å². The summed E-state index contributed by atoms with van der Waals surface area (Å²) in [4.78, 5) is 0. The van der Waals surface area contributed by atoms with Gasteiger partial charge in [0.1, 0.15) is 11.5 Å². The van der Waals surface area contributed by atoms with Crippen molar-refractivity contribution in [3.05, 3.63) is 24.5 Å². The fourth-order valence-electron chi connectivity index (χ4n) is 3.07. The largest absolute Gasteiger partial charge is 0.463 e. The van der Waals surface area contributed by atoms with Crippen LogP contribution in [0.3, 0.4) is 0 Å². The molecular formula is C17H26N4O3S. The van der Waals surface area contributed by atoms with Crippen LogP contribution in [0.1, 0.15) is 39.5 Å². The molecule has 0 amide bonds. The molecule has 2 heterocycles. The van der Waals surface area contributed by atoms with Crippen LogP contribution in [0.4, 0.5) is 5.82 Å². The zero-order valence-electron chi connectivity index (χ0n) is 14.7. The Labute approximate surface area is 148 Å². The topological polar surface area (TPSA) is 100 Å². The van der Waals surface area contributed by atoms with Gasteiger partial charge in [-0.2, -0.15) is 5.10 Å². The number of aromatic nitrogens is 2. The van der Waals surface area contributed by atoms with E-state index in [1.165, 1.54) is 0 Å². The molecule has 0 bridgehead atoms. The van der Waals surface area contributed by atoms with Gasteiger partial charge < -0.3 is 9.73 Å². The van der Waals surface area contributed by atoms with Crippen molar-refractivity contribution in [2.24, 2.45) is 5.92 Å². The molecule has 0 radical (unpaired) electrons. The van der Waals surface area contributed by atoms with Crippen molar-refractivity contribution in [3.63, 3.8) is 0 Å². The molecule has 0 unspecified atom stereocenters. The van der Waals surface area contributed by atoms with Crippen molar-refractivity contribution in [2.45, 2.75) is 50.8 Å². The molecule has 1 saturated carbocycles. The van der Waals surface area contributed by atoms with Gasteiger partial charge in [-0.15, -0.1) is 0 Å². The molecule has 1 aliphatic carbocycles. The lowest BCUT2D eigenvalue weighted by Crippen LogP contribution is -2.41. The van der Waals surface area contributed by atoms with Gasteiger partial charge in [-0.05, 0) is 57.6 Å². The Hall–Kier alpha value is -1.80. The quantitative estimate of drug-likeness (QED) is 0.699. The normalized spacial score (nSPS) is 21.6. The average Bonchev–Trinajstić information content (AvgIpc) is 3.25. The molecule has 1 fully saturated rings. The molecule has 0 aliphatic heterocycles. The Morgan fingerprint density at radius 3 is 2.72 bits per heavy atom. The second-order valence-electron chi connectivity index (χ2n) is 6.95. The van der Waals surface area contributed by atoms with Crippen LogP contribution in [0.2, 0.25) is 0 Å². The second kappa shape index (κ2) is 7.61. The lowest BCUT2D eigenvalue weighted by atomic mass is 9.86. The van der Waals surface area contributed by atoms with Crippen molar-refractivity contribution in [3.8, 4) is 11.5 Å². The molecule has 0 saturated heterocycles. The van der Waals surface area contributed by atoms with Crippen molar-refractivity contribution < 1.29 is 12.8 Å². The molecule has 8 heteroatoms. The highest BCUT2D eigenvalue weighted by molar-refractivity contribution is 7.90. The van der Waals surface area contributed by atoms with Crippen LogP contribution in [0.5, 0.6) is 0 Å². The summed E-state index contributed by atoms with van der Waals surface area (Å²) >= 11 is 0. The number of anilines is 1. The Morgan fingerprint density at radius 1 is 1.32 bits per heavy atom. The molecule has 0 spiro atoms. The lowest BCUT2D eigenvalue weighted by molar-refractivity contribution is 0.323. The number of hydrogen-bond acceptors (Lipinski definition) is 5. The van der Waals surface area contributed by atoms with Gasteiger partial charge in [0.15, 0.2) is 5.76 Å². The van der Waals surface area contributed by atoms with Crippen molar-refractivity contribution in [1.82, 2.24) is 14.9 Å². The minimum absolute atomic E-state index is 0.0691. The van der Waals surface area contributed by atoms with Crippen LogP contribution in [-0.2, 0) is 10.0 Å². The number of furan rings is 1. The summed E-state index contributed by atoms with van der Waals surface area (Å²) in [7, 11) is -3.18. The van der Waals surface area contributed by atoms with Gasteiger partial charge in [0, 0.05) is 18.7 Å². The highest BCUT2D eigenvalue weighted by Gasteiger charge is 2.26. The average molecular weight is 366 g/mol. The molecule has 138 valence electrons. The standard InChI is InChI=1S/C17H26N4O3S/c1-12(2)25(22,23)21-14-7-5-13(6-8-14)11-18-17-10-15(19-20-17)16-4-3-9-24-16/h3-4,9-10,12-14,21H,5-8,11H2,1-2H3,(H2,18,19,20). The van der Waals surface area contributed by atoms with Crippen LogP contribution in [0, 0.1) is 5.92 Å². The summed E-state index contributed by atoms with van der Waals surface area (Å²) in [6, 6.07) is 5.73. The number of hydrogen-bond donors (Lipinski definition) is 3. The summed E-state index contributed by atoms with van der Waals surface area (Å²) in [6.45, 7) is 4.25. The zero-order valence-corrected chi connectivity index (χ0v) is 15.5. The van der Waals surface area contributed by atoms with E-state index in [1.807, 2.05) is 18.2 Å². The van der Waals surface area contributed by atoms with Gasteiger partial charge in [0.2, 0.25) is 10.0 Å². The predicted molar refractivity (Wildman–Crippen MR) is 97.7 cm³/mol. The van der Waals surface area contributed by atoms with E-state index in [0.29, 0.717) is 5.92 Å². The smallest absolute Gasteiger partial charge is 0.214 e. The molecule has 7 nitrogen and oxygen atoms in total. The third-order valence-corrected chi connectivity index (χ3v) is 6.64. The van der Waals surface area contributed by atoms with E-state index in [0.717, 1.165) is 49.5 Å². The van der Waals surface area contributed by atoms with Crippen LogP contribution >= 0.6 is 0 Å². The molecular weight excluding hydrogens is 340 g/mol.